The van der Waals surface area contributed by atoms with E-state index in [4.69, 9.17) is 16.6 Å². The van der Waals surface area contributed by atoms with Gasteiger partial charge in [-0.05, 0) is 12.2 Å². The highest BCUT2D eigenvalue weighted by Crippen LogP contribution is 1.94. The van der Waals surface area contributed by atoms with Crippen molar-refractivity contribution < 1.29 is 9.32 Å². The average Bonchev–Trinajstić information content (AvgIpc) is 2.63. The van der Waals surface area contributed by atoms with Crippen LogP contribution in [0.3, 0.4) is 0 Å². The maximum absolute atomic E-state index is 5.17. The lowest BCUT2D eigenvalue weighted by molar-refractivity contribution is -0.902. The first kappa shape index (κ1) is 7.94. The maximum atomic E-state index is 5.17. The molecule has 2 rings (SSSR count). The van der Waals surface area contributed by atoms with Gasteiger partial charge in [-0.1, -0.05) is 0 Å². The lowest BCUT2D eigenvalue weighted by Gasteiger charge is -2.07. The van der Waals surface area contributed by atoms with Crippen LogP contribution >= 0.6 is 12.2 Å². The lowest BCUT2D eigenvalue weighted by Crippen LogP contribution is -3.08. The molecule has 0 atom stereocenters. The molecule has 0 saturated carbocycles. The van der Waals surface area contributed by atoms with E-state index in [0.29, 0.717) is 4.84 Å². The van der Waals surface area contributed by atoms with Gasteiger partial charge < -0.3 is 9.32 Å². The zero-order valence-corrected chi connectivity index (χ0v) is 7.62. The summed E-state index contributed by atoms with van der Waals surface area (Å²) >= 11 is 4.78. The Morgan fingerprint density at radius 1 is 1.50 bits per heavy atom. The number of nitrogens with one attached hydrogen (secondary N) is 2. The second-order valence-corrected chi connectivity index (χ2v) is 3.51. The molecule has 66 valence electrons. The number of quaternary nitrogens is 1. The van der Waals surface area contributed by atoms with Crippen LogP contribution in [-0.2, 0) is 6.54 Å². The largest absolute Gasteiger partial charge is 0.408 e. The quantitative estimate of drug-likeness (QED) is 0.635. The van der Waals surface area contributed by atoms with Crippen LogP contribution in [0, 0.1) is 4.84 Å². The van der Waals surface area contributed by atoms with E-state index in [1.54, 1.807) is 4.90 Å². The molecule has 0 amide bonds. The van der Waals surface area contributed by atoms with Crippen LogP contribution in [0.15, 0.2) is 4.42 Å². The van der Waals surface area contributed by atoms with Gasteiger partial charge in [0, 0.05) is 12.8 Å². The molecular formula is C7H12N3OS+. The van der Waals surface area contributed by atoms with E-state index in [0.717, 1.165) is 12.4 Å². The summed E-state index contributed by atoms with van der Waals surface area (Å²) in [6.07, 6.45) is 2.64. The molecule has 0 unspecified atom stereocenters. The van der Waals surface area contributed by atoms with Crippen LogP contribution in [0.4, 0.5) is 0 Å². The summed E-state index contributed by atoms with van der Waals surface area (Å²) in [7, 11) is 0. The topological polar surface area (TPSA) is 46.3 Å². The predicted molar refractivity (Wildman–Crippen MR) is 45.3 cm³/mol. The minimum absolute atomic E-state index is 0.378. The van der Waals surface area contributed by atoms with Crippen LogP contribution in [0.25, 0.3) is 0 Å². The Morgan fingerprint density at radius 2 is 2.25 bits per heavy atom. The first-order valence-electron chi connectivity index (χ1n) is 4.22. The molecule has 1 aliphatic rings. The van der Waals surface area contributed by atoms with Crippen LogP contribution in [0.5, 0.6) is 0 Å². The van der Waals surface area contributed by atoms with Gasteiger partial charge in [0.15, 0.2) is 6.54 Å². The normalized spacial score (nSPS) is 18.7. The minimum Gasteiger partial charge on any atom is -0.408 e. The van der Waals surface area contributed by atoms with Crippen molar-refractivity contribution in [3.63, 3.8) is 0 Å². The molecular weight excluding hydrogens is 174 g/mol. The highest BCUT2D eigenvalue weighted by atomic mass is 32.1. The summed E-state index contributed by atoms with van der Waals surface area (Å²) in [6.45, 7) is 3.33. The van der Waals surface area contributed by atoms with Gasteiger partial charge in [-0.2, -0.15) is 0 Å². The van der Waals surface area contributed by atoms with E-state index in [1.165, 1.54) is 25.9 Å². The standard InChI is InChI=1S/C7H11N3OS/c12-7-9-8-6(11-7)5-10-3-1-2-4-10/h1-5H2,(H,9,12)/p+1. The van der Waals surface area contributed by atoms with E-state index < -0.39 is 0 Å². The maximum Gasteiger partial charge on any atom is 0.284 e. The number of likely N-dealkylation sites (tertiary alicyclic amines) is 1. The van der Waals surface area contributed by atoms with E-state index in [9.17, 15) is 0 Å². The third-order valence-corrected chi connectivity index (χ3v) is 2.37. The van der Waals surface area contributed by atoms with Crippen molar-refractivity contribution in [2.75, 3.05) is 13.1 Å². The Morgan fingerprint density at radius 3 is 2.83 bits per heavy atom. The summed E-state index contributed by atoms with van der Waals surface area (Å²) in [5.74, 6) is 0.733. The van der Waals surface area contributed by atoms with Gasteiger partial charge in [-0.25, -0.2) is 5.10 Å². The third kappa shape index (κ3) is 1.73. The fourth-order valence-electron chi connectivity index (χ4n) is 1.60. The van der Waals surface area contributed by atoms with E-state index in [1.807, 2.05) is 0 Å². The summed E-state index contributed by atoms with van der Waals surface area (Å²) < 4.78 is 5.17. The summed E-state index contributed by atoms with van der Waals surface area (Å²) in [5, 5.41) is 6.59. The van der Waals surface area contributed by atoms with Crippen molar-refractivity contribution in [2.45, 2.75) is 19.4 Å². The zero-order chi connectivity index (χ0) is 8.39. The highest BCUT2D eigenvalue weighted by Gasteiger charge is 2.17. The smallest absolute Gasteiger partial charge is 0.284 e. The highest BCUT2D eigenvalue weighted by molar-refractivity contribution is 7.71. The summed E-state index contributed by atoms with van der Waals surface area (Å²) in [6, 6.07) is 0. The van der Waals surface area contributed by atoms with E-state index in [-0.39, 0.29) is 0 Å². The molecule has 0 bridgehead atoms. The van der Waals surface area contributed by atoms with Crippen molar-refractivity contribution in [2.24, 2.45) is 0 Å². The Bertz CT molecular complexity index is 300. The Balaban J connectivity index is 1.98. The van der Waals surface area contributed by atoms with Crippen molar-refractivity contribution >= 4 is 12.2 Å². The van der Waals surface area contributed by atoms with E-state index >= 15 is 0 Å². The van der Waals surface area contributed by atoms with Gasteiger partial charge in [0.1, 0.15) is 0 Å². The third-order valence-electron chi connectivity index (χ3n) is 2.19. The van der Waals surface area contributed by atoms with Crippen LogP contribution in [0.2, 0.25) is 0 Å². The van der Waals surface area contributed by atoms with Crippen LogP contribution in [-0.4, -0.2) is 23.3 Å². The molecule has 1 saturated heterocycles. The first-order chi connectivity index (χ1) is 5.84. The number of hydrogen-bond donors (Lipinski definition) is 2. The van der Waals surface area contributed by atoms with Crippen molar-refractivity contribution in [3.05, 3.63) is 10.7 Å². The van der Waals surface area contributed by atoms with Gasteiger partial charge in [0.05, 0.1) is 13.1 Å². The number of nitrogens with zero attached hydrogens (tertiary/aromatic N) is 1. The first-order valence-corrected chi connectivity index (χ1v) is 4.63. The Kier molecular flexibility index (Phi) is 2.23. The summed E-state index contributed by atoms with van der Waals surface area (Å²) in [5.41, 5.74) is 0. The second-order valence-electron chi connectivity index (χ2n) is 3.14. The molecule has 0 radical (unpaired) electrons. The molecule has 4 nitrogen and oxygen atoms in total. The van der Waals surface area contributed by atoms with E-state index in [2.05, 4.69) is 10.2 Å². The fourth-order valence-corrected chi connectivity index (χ4v) is 1.74. The molecule has 2 N–H and O–H groups in total. The Hall–Kier alpha value is -0.680. The number of rotatable bonds is 2. The molecule has 1 fully saturated rings. The van der Waals surface area contributed by atoms with Crippen LogP contribution < -0.4 is 4.90 Å². The second kappa shape index (κ2) is 3.37. The van der Waals surface area contributed by atoms with Crippen molar-refractivity contribution in [1.82, 2.24) is 10.2 Å². The molecule has 0 aliphatic carbocycles. The van der Waals surface area contributed by atoms with Crippen molar-refractivity contribution in [1.29, 1.82) is 0 Å². The molecule has 1 aromatic rings. The van der Waals surface area contributed by atoms with Crippen LogP contribution in [0.1, 0.15) is 18.7 Å². The average molecular weight is 186 g/mol. The number of aromatic amines is 1. The SMILES string of the molecule is S=c1[nH]nc(C[NH+]2CCCC2)o1. The number of H-pyrrole nitrogens is 1. The predicted octanol–water partition coefficient (Wildman–Crippen LogP) is -0.0891. The Labute approximate surface area is 75.6 Å². The number of hydrogen-bond acceptors (Lipinski definition) is 3. The molecule has 0 spiro atoms. The molecule has 1 aromatic heterocycles. The minimum atomic E-state index is 0.378. The van der Waals surface area contributed by atoms with Gasteiger partial charge in [-0.15, -0.1) is 5.10 Å². The molecule has 1 aliphatic heterocycles. The molecule has 12 heavy (non-hydrogen) atoms. The summed E-state index contributed by atoms with van der Waals surface area (Å²) in [4.78, 5) is 1.92. The van der Waals surface area contributed by atoms with Gasteiger partial charge in [0.2, 0.25) is 0 Å². The molecule has 0 aromatic carbocycles. The van der Waals surface area contributed by atoms with Gasteiger partial charge in [0.25, 0.3) is 10.7 Å². The molecule has 5 heteroatoms. The van der Waals surface area contributed by atoms with Crippen molar-refractivity contribution in [3.8, 4) is 0 Å². The monoisotopic (exact) mass is 186 g/mol. The van der Waals surface area contributed by atoms with Gasteiger partial charge >= 0.3 is 0 Å². The fraction of sp³-hybridized carbons (Fsp3) is 0.714. The number of aromatic nitrogens is 2. The lowest BCUT2D eigenvalue weighted by atomic mass is 10.4. The van der Waals surface area contributed by atoms with Gasteiger partial charge in [-0.3, -0.25) is 0 Å². The molecule has 2 heterocycles. The zero-order valence-electron chi connectivity index (χ0n) is 6.80.